The van der Waals surface area contributed by atoms with Crippen molar-refractivity contribution in [2.75, 3.05) is 26.2 Å². The summed E-state index contributed by atoms with van der Waals surface area (Å²) in [5.74, 6) is -16.7. The number of rotatable bonds is 47. The van der Waals surface area contributed by atoms with Crippen molar-refractivity contribution >= 4 is 111 Å². The van der Waals surface area contributed by atoms with Gasteiger partial charge in [0.15, 0.2) is 0 Å². The summed E-state index contributed by atoms with van der Waals surface area (Å²) in [4.78, 5) is 217. The molecule has 0 aliphatic carbocycles. The monoisotopic (exact) mass is 1650 g/mol. The Hall–Kier alpha value is -11.6. The van der Waals surface area contributed by atoms with Gasteiger partial charge in [0.05, 0.1) is 31.3 Å². The third-order valence-corrected chi connectivity index (χ3v) is 19.7. The smallest absolute Gasteiger partial charge is 0.322 e. The van der Waals surface area contributed by atoms with Gasteiger partial charge in [-0.05, 0) is 137 Å². The Labute approximate surface area is 682 Å². The molecular formula is C80H115N17O21. The van der Waals surface area contributed by atoms with Crippen LogP contribution in [-0.4, -0.2) is 251 Å². The van der Waals surface area contributed by atoms with E-state index >= 15 is 0 Å². The number of hydrogen-bond acceptors (Lipinski definition) is 21. The second-order valence-electron chi connectivity index (χ2n) is 31.0. The number of unbranched alkanes of at least 4 members (excludes halogenated alkanes) is 1. The van der Waals surface area contributed by atoms with Crippen LogP contribution in [-0.2, 0) is 91.2 Å². The number of carboxylic acid groups (broad SMARTS) is 2. The number of H-pyrrole nitrogens is 2. The molecule has 6 rings (SSSR count). The first-order chi connectivity index (χ1) is 55.8. The van der Waals surface area contributed by atoms with Crippen molar-refractivity contribution in [3.05, 3.63) is 102 Å². The van der Waals surface area contributed by atoms with Crippen LogP contribution in [0.15, 0.2) is 85.2 Å². The Kier molecular flexibility index (Phi) is 36.9. The van der Waals surface area contributed by atoms with Crippen molar-refractivity contribution in [2.45, 2.75) is 230 Å². The molecule has 118 heavy (non-hydrogen) atoms. The normalized spacial score (nSPS) is 16.3. The number of carbonyl (C=O) groups is 15. The number of aromatic amines is 2. The number of phenols is 1. The molecule has 3 aromatic carbocycles. The minimum atomic E-state index is -1.93. The number of nitrogens with zero attached hydrogens (tertiary/aromatic N) is 1. The molecule has 3 heterocycles. The van der Waals surface area contributed by atoms with Crippen LogP contribution >= 0.6 is 0 Å². The van der Waals surface area contributed by atoms with Crippen LogP contribution in [0.5, 0.6) is 5.75 Å². The van der Waals surface area contributed by atoms with Crippen LogP contribution in [0.4, 0.5) is 0 Å². The summed E-state index contributed by atoms with van der Waals surface area (Å²) in [5.41, 5.74) is 14.4. The number of aromatic hydroxyl groups is 1. The molecule has 13 amide bonds. The molecule has 0 saturated carbocycles. The molecule has 38 heteroatoms. The van der Waals surface area contributed by atoms with Gasteiger partial charge in [0.25, 0.3) is 0 Å². The molecule has 1 saturated heterocycles. The average molecular weight is 1650 g/mol. The molecule has 5 aromatic rings. The number of aromatic nitrogens is 2. The Bertz CT molecular complexity index is 4320. The standard InChI is InChI=1S/C80H115N17O21/c1-40(2)29-55(71(109)90-59(33-47-36-83-52-19-12-10-17-50(47)52)74(112)88-56(30-41(3)4)72(110)94-62(39-98)69(107)85-38-65(104)105)87-70(108)54(21-14-15-27-81)86-78(116)67(45(9)100)96-76(114)57(31-42(5)6)91-77(115)63-22-16-28-97(63)80(118)61(35-64(102)103)93-73(111)58(32-46-23-25-49(101)26-24-46)89-75(113)60(34-48-37-84-53-20-13-11-18-51(48)53)92-79(117)66(44(8)99)95-68(106)43(7)82/h10-13,17-20,23-26,36-37,40-45,54-63,66-67,83-84,98-101H,14-16,21-22,27-35,38-39,81-82H2,1-9H3,(H,85,107)(H,86,116)(H,87,108)(H,88,112)(H,89,113)(H,90,109)(H,91,115)(H,92,117)(H,93,111)(H,94,110)(H,95,106)(H,96,114)(H,102,103)(H,104,105)/t43-,44+,45+,54-,55-,56-,57-,58-,59-,60-,61-,62-,63-,66-,67-/m0/s1. The van der Waals surface area contributed by atoms with Gasteiger partial charge in [-0.2, -0.15) is 0 Å². The summed E-state index contributed by atoms with van der Waals surface area (Å²) in [6, 6.07) is -0.527. The maximum absolute atomic E-state index is 14.9. The van der Waals surface area contributed by atoms with Crippen LogP contribution in [0, 0.1) is 17.8 Å². The van der Waals surface area contributed by atoms with Gasteiger partial charge in [0.1, 0.15) is 84.8 Å². The van der Waals surface area contributed by atoms with Crippen molar-refractivity contribution in [2.24, 2.45) is 29.2 Å². The van der Waals surface area contributed by atoms with E-state index in [0.717, 1.165) is 4.90 Å². The highest BCUT2D eigenvalue weighted by molar-refractivity contribution is 6.01. The van der Waals surface area contributed by atoms with Crippen LogP contribution in [0.2, 0.25) is 0 Å². The van der Waals surface area contributed by atoms with E-state index in [1.807, 2.05) is 0 Å². The first-order valence-corrected chi connectivity index (χ1v) is 39.5. The third-order valence-electron chi connectivity index (χ3n) is 19.7. The SMILES string of the molecule is CC(C)C[C@H](NC(=O)[C@H](Cc1c[nH]c2ccccc12)NC(=O)[C@H](CC(C)C)NC(=O)[C@H](CCCCN)NC(=O)[C@@H](NC(=O)[C@H](CC(C)C)NC(=O)[C@@H]1CCCN1C(=O)[C@H](CC(=O)O)NC(=O)[C@H](Cc1ccc(O)cc1)NC(=O)[C@H](Cc1c[nH]c2ccccc12)NC(=O)[C@@H](NC(=O)[C@H](C)N)[C@@H](C)O)[C@@H](C)O)C(=O)N[C@@H](CO)C(=O)NCC(=O)O. The predicted octanol–water partition coefficient (Wildman–Crippen LogP) is -2.25. The zero-order valence-electron chi connectivity index (χ0n) is 67.7. The largest absolute Gasteiger partial charge is 0.508 e. The molecule has 0 spiro atoms. The topological polar surface area (TPSA) is 609 Å². The van der Waals surface area contributed by atoms with E-state index in [1.165, 1.54) is 45.0 Å². The molecule has 646 valence electrons. The van der Waals surface area contributed by atoms with E-state index in [1.54, 1.807) is 102 Å². The maximum atomic E-state index is 14.9. The average Bonchev–Trinajstić information content (AvgIpc) is 1.79. The molecule has 1 aliphatic heterocycles. The van der Waals surface area contributed by atoms with Crippen LogP contribution in [0.25, 0.3) is 21.8 Å². The minimum absolute atomic E-state index is 0.0194. The van der Waals surface area contributed by atoms with E-state index < -0.39 is 199 Å². The zero-order chi connectivity index (χ0) is 87.4. The van der Waals surface area contributed by atoms with Gasteiger partial charge < -0.3 is 121 Å². The van der Waals surface area contributed by atoms with Crippen molar-refractivity contribution in [1.29, 1.82) is 0 Å². The van der Waals surface area contributed by atoms with Crippen molar-refractivity contribution in [3.8, 4) is 5.75 Å². The molecule has 1 aliphatic rings. The van der Waals surface area contributed by atoms with Crippen LogP contribution in [0.3, 0.4) is 0 Å². The number of phenolic OH excluding ortho intramolecular Hbond substituents is 1. The Morgan fingerprint density at radius 3 is 1.32 bits per heavy atom. The lowest BCUT2D eigenvalue weighted by atomic mass is 9.99. The fraction of sp³-hybridized carbons (Fsp3) is 0.537. The summed E-state index contributed by atoms with van der Waals surface area (Å²) >= 11 is 0. The quantitative estimate of drug-likeness (QED) is 0.0183. The number of para-hydroxylation sites is 2. The molecule has 38 nitrogen and oxygen atoms in total. The number of nitrogens with two attached hydrogens (primary N) is 2. The number of likely N-dealkylation sites (tertiary alicyclic amines) is 1. The van der Waals surface area contributed by atoms with Crippen molar-refractivity contribution in [3.63, 3.8) is 0 Å². The van der Waals surface area contributed by atoms with E-state index in [4.69, 9.17) is 16.6 Å². The molecule has 24 N–H and O–H groups in total. The lowest BCUT2D eigenvalue weighted by Crippen LogP contribution is -2.62. The van der Waals surface area contributed by atoms with Gasteiger partial charge in [0, 0.05) is 60.0 Å². The number of carboxylic acids is 2. The van der Waals surface area contributed by atoms with Gasteiger partial charge in [-0.3, -0.25) is 71.9 Å². The molecular weight excluding hydrogens is 1530 g/mol. The lowest BCUT2D eigenvalue weighted by Gasteiger charge is -2.31. The zero-order valence-corrected chi connectivity index (χ0v) is 67.7. The number of hydrogen-bond donors (Lipinski definition) is 22. The molecule has 2 aromatic heterocycles. The summed E-state index contributed by atoms with van der Waals surface area (Å²) in [6.45, 7) is 12.4. The lowest BCUT2D eigenvalue weighted by molar-refractivity contribution is -0.146. The number of benzene rings is 3. The fourth-order valence-electron chi connectivity index (χ4n) is 13.5. The van der Waals surface area contributed by atoms with Crippen molar-refractivity contribution in [1.82, 2.24) is 78.7 Å². The van der Waals surface area contributed by atoms with E-state index in [2.05, 4.69) is 73.8 Å². The number of amides is 13. The van der Waals surface area contributed by atoms with Gasteiger partial charge >= 0.3 is 11.9 Å². The first kappa shape index (κ1) is 95.2. The third kappa shape index (κ3) is 28.9. The molecule has 0 bridgehead atoms. The van der Waals surface area contributed by atoms with Crippen LogP contribution < -0.4 is 75.3 Å². The second kappa shape index (κ2) is 45.8. The molecule has 1 fully saturated rings. The Morgan fingerprint density at radius 1 is 0.466 bits per heavy atom. The summed E-state index contributed by atoms with van der Waals surface area (Å²) in [5, 5.41) is 93.2. The minimum Gasteiger partial charge on any atom is -0.508 e. The number of aliphatic hydroxyl groups is 3. The maximum Gasteiger partial charge on any atom is 0.322 e. The van der Waals surface area contributed by atoms with Gasteiger partial charge in [0.2, 0.25) is 76.8 Å². The fourth-order valence-corrected chi connectivity index (χ4v) is 13.5. The van der Waals surface area contributed by atoms with Gasteiger partial charge in [-0.1, -0.05) is 90.1 Å². The van der Waals surface area contributed by atoms with Gasteiger partial charge in [-0.15, -0.1) is 0 Å². The number of fused-ring (bicyclic) bond motifs is 2. The molecule has 15 atom stereocenters. The number of aliphatic carboxylic acids is 2. The van der Waals surface area contributed by atoms with E-state index in [9.17, 15) is 97.5 Å². The second-order valence-corrected chi connectivity index (χ2v) is 31.0. The highest BCUT2D eigenvalue weighted by Gasteiger charge is 2.43. The molecule has 0 radical (unpaired) electrons. The Balaban J connectivity index is 1.21. The van der Waals surface area contributed by atoms with Crippen molar-refractivity contribution < 1.29 is 103 Å². The predicted molar refractivity (Wildman–Crippen MR) is 430 cm³/mol. The summed E-state index contributed by atoms with van der Waals surface area (Å²) < 4.78 is 0. The number of nitrogens with one attached hydrogen (secondary N) is 14. The first-order valence-electron chi connectivity index (χ1n) is 39.5. The van der Waals surface area contributed by atoms with E-state index in [-0.39, 0.29) is 101 Å². The van der Waals surface area contributed by atoms with Crippen LogP contribution in [0.1, 0.15) is 137 Å². The number of aliphatic hydroxyl groups excluding tert-OH is 3. The Morgan fingerprint density at radius 2 is 0.873 bits per heavy atom. The highest BCUT2D eigenvalue weighted by Crippen LogP contribution is 2.25. The summed E-state index contributed by atoms with van der Waals surface area (Å²) in [6.07, 6.45) is -1.46. The highest BCUT2D eigenvalue weighted by atomic mass is 16.4. The molecule has 0 unspecified atom stereocenters. The van der Waals surface area contributed by atoms with Gasteiger partial charge in [-0.25, -0.2) is 0 Å². The van der Waals surface area contributed by atoms with E-state index in [0.29, 0.717) is 44.9 Å². The number of carbonyl (C=O) groups excluding carboxylic acids is 13. The summed E-state index contributed by atoms with van der Waals surface area (Å²) in [7, 11) is 0.